The summed E-state index contributed by atoms with van der Waals surface area (Å²) in [5.74, 6) is 0. The fourth-order valence-corrected chi connectivity index (χ4v) is 3.59. The SMILES string of the molecule is CCC(CO)N1CCN(Cc2cn3ccsc3n2)CC1. The van der Waals surface area contributed by atoms with Gasteiger partial charge in [-0.3, -0.25) is 14.2 Å². The number of aliphatic hydroxyl groups excluding tert-OH is 1. The van der Waals surface area contributed by atoms with Crippen LogP contribution in [0.3, 0.4) is 0 Å². The van der Waals surface area contributed by atoms with Crippen LogP contribution in [0.15, 0.2) is 17.8 Å². The van der Waals surface area contributed by atoms with Crippen molar-refractivity contribution < 1.29 is 5.11 Å². The van der Waals surface area contributed by atoms with Crippen LogP contribution in [0.4, 0.5) is 0 Å². The molecule has 110 valence electrons. The summed E-state index contributed by atoms with van der Waals surface area (Å²) in [5.41, 5.74) is 1.15. The number of piperazine rings is 1. The standard InChI is InChI=1S/C14H22N4OS/c1-2-13(11-19)17-5-3-16(4-6-17)9-12-10-18-7-8-20-14(18)15-12/h7-8,10,13,19H,2-6,9,11H2,1H3. The molecular weight excluding hydrogens is 272 g/mol. The molecule has 1 unspecified atom stereocenters. The van der Waals surface area contributed by atoms with E-state index < -0.39 is 0 Å². The van der Waals surface area contributed by atoms with Crippen LogP contribution in [0.2, 0.25) is 0 Å². The van der Waals surface area contributed by atoms with Crippen molar-refractivity contribution in [2.75, 3.05) is 32.8 Å². The average molecular weight is 294 g/mol. The molecule has 0 saturated carbocycles. The minimum absolute atomic E-state index is 0.272. The molecule has 2 aromatic rings. The van der Waals surface area contributed by atoms with Crippen molar-refractivity contribution in [2.45, 2.75) is 25.9 Å². The highest BCUT2D eigenvalue weighted by Crippen LogP contribution is 2.15. The number of fused-ring (bicyclic) bond motifs is 1. The van der Waals surface area contributed by atoms with E-state index in [4.69, 9.17) is 0 Å². The number of aromatic nitrogens is 2. The molecule has 0 amide bonds. The molecule has 0 radical (unpaired) electrons. The highest BCUT2D eigenvalue weighted by Gasteiger charge is 2.22. The van der Waals surface area contributed by atoms with Gasteiger partial charge in [0.25, 0.3) is 0 Å². The molecule has 3 rings (SSSR count). The van der Waals surface area contributed by atoms with Gasteiger partial charge >= 0.3 is 0 Å². The van der Waals surface area contributed by atoms with Crippen LogP contribution in [0.1, 0.15) is 19.0 Å². The summed E-state index contributed by atoms with van der Waals surface area (Å²) < 4.78 is 2.09. The van der Waals surface area contributed by atoms with Gasteiger partial charge < -0.3 is 5.11 Å². The molecule has 2 aromatic heterocycles. The molecule has 1 aliphatic heterocycles. The van der Waals surface area contributed by atoms with E-state index in [1.807, 2.05) is 0 Å². The van der Waals surface area contributed by atoms with Gasteiger partial charge in [-0.2, -0.15) is 0 Å². The number of imidazole rings is 1. The van der Waals surface area contributed by atoms with E-state index in [1.54, 1.807) is 11.3 Å². The lowest BCUT2D eigenvalue weighted by atomic mass is 10.1. The zero-order valence-electron chi connectivity index (χ0n) is 11.9. The highest BCUT2D eigenvalue weighted by molar-refractivity contribution is 7.15. The maximum atomic E-state index is 9.37. The Labute approximate surface area is 123 Å². The van der Waals surface area contributed by atoms with Crippen LogP contribution >= 0.6 is 11.3 Å². The van der Waals surface area contributed by atoms with Crippen molar-refractivity contribution in [3.05, 3.63) is 23.5 Å². The second kappa shape index (κ2) is 6.22. The van der Waals surface area contributed by atoms with Crippen molar-refractivity contribution in [3.63, 3.8) is 0 Å². The van der Waals surface area contributed by atoms with Gasteiger partial charge in [0.05, 0.1) is 12.3 Å². The van der Waals surface area contributed by atoms with Gasteiger partial charge in [0, 0.05) is 56.5 Å². The Kier molecular flexibility index (Phi) is 4.35. The Balaban J connectivity index is 1.54. The molecule has 0 aromatic carbocycles. The van der Waals surface area contributed by atoms with Crippen LogP contribution in [0.5, 0.6) is 0 Å². The Bertz CT molecular complexity index is 512. The molecule has 0 bridgehead atoms. The first-order valence-corrected chi connectivity index (χ1v) is 8.16. The molecular formula is C14H22N4OS. The van der Waals surface area contributed by atoms with Crippen LogP contribution in [-0.2, 0) is 6.54 Å². The lowest BCUT2D eigenvalue weighted by Gasteiger charge is -2.38. The average Bonchev–Trinajstić information content (AvgIpc) is 3.03. The smallest absolute Gasteiger partial charge is 0.193 e. The number of aliphatic hydroxyl groups is 1. The number of rotatable bonds is 5. The molecule has 0 spiro atoms. The molecule has 3 heterocycles. The Morgan fingerprint density at radius 1 is 1.35 bits per heavy atom. The van der Waals surface area contributed by atoms with Gasteiger partial charge in [0.1, 0.15) is 0 Å². The van der Waals surface area contributed by atoms with E-state index in [1.165, 1.54) is 0 Å². The molecule has 1 fully saturated rings. The number of hydrogen-bond donors (Lipinski definition) is 1. The maximum Gasteiger partial charge on any atom is 0.193 e. The summed E-state index contributed by atoms with van der Waals surface area (Å²) in [6.07, 6.45) is 5.20. The third-order valence-electron chi connectivity index (χ3n) is 4.13. The van der Waals surface area contributed by atoms with Gasteiger partial charge in [-0.05, 0) is 6.42 Å². The largest absolute Gasteiger partial charge is 0.395 e. The van der Waals surface area contributed by atoms with Crippen molar-refractivity contribution in [2.24, 2.45) is 0 Å². The molecule has 5 nitrogen and oxygen atoms in total. The summed E-state index contributed by atoms with van der Waals surface area (Å²) in [5, 5.41) is 11.4. The first-order valence-electron chi connectivity index (χ1n) is 7.28. The Morgan fingerprint density at radius 2 is 2.15 bits per heavy atom. The molecule has 6 heteroatoms. The number of nitrogens with zero attached hydrogens (tertiary/aromatic N) is 4. The quantitative estimate of drug-likeness (QED) is 0.902. The van der Waals surface area contributed by atoms with Crippen LogP contribution < -0.4 is 0 Å². The fourth-order valence-electron chi connectivity index (χ4n) is 2.87. The third kappa shape index (κ3) is 2.88. The van der Waals surface area contributed by atoms with Gasteiger partial charge in [-0.25, -0.2) is 4.98 Å². The molecule has 0 aliphatic carbocycles. The lowest BCUT2D eigenvalue weighted by Crippen LogP contribution is -2.50. The summed E-state index contributed by atoms with van der Waals surface area (Å²) in [6, 6.07) is 0.329. The number of hydrogen-bond acceptors (Lipinski definition) is 5. The topological polar surface area (TPSA) is 44.0 Å². The summed E-state index contributed by atoms with van der Waals surface area (Å²) in [6.45, 7) is 7.54. The van der Waals surface area contributed by atoms with Gasteiger partial charge in [0.15, 0.2) is 4.96 Å². The Morgan fingerprint density at radius 3 is 2.80 bits per heavy atom. The van der Waals surface area contributed by atoms with E-state index in [-0.39, 0.29) is 6.61 Å². The molecule has 1 aliphatic rings. The summed E-state index contributed by atoms with van der Waals surface area (Å²) in [4.78, 5) is 10.6. The normalized spacial score (nSPS) is 19.7. The third-order valence-corrected chi connectivity index (χ3v) is 4.90. The highest BCUT2D eigenvalue weighted by atomic mass is 32.1. The first kappa shape index (κ1) is 14.0. The molecule has 1 atom stereocenters. The second-order valence-electron chi connectivity index (χ2n) is 5.38. The van der Waals surface area contributed by atoms with E-state index in [9.17, 15) is 5.11 Å². The summed E-state index contributed by atoms with van der Waals surface area (Å²) >= 11 is 1.68. The molecule has 20 heavy (non-hydrogen) atoms. The van der Waals surface area contributed by atoms with Crippen molar-refractivity contribution >= 4 is 16.3 Å². The van der Waals surface area contributed by atoms with Crippen LogP contribution in [0, 0.1) is 0 Å². The van der Waals surface area contributed by atoms with E-state index >= 15 is 0 Å². The van der Waals surface area contributed by atoms with E-state index in [0.717, 1.165) is 49.8 Å². The predicted molar refractivity (Wildman–Crippen MR) is 81.1 cm³/mol. The molecule has 1 N–H and O–H groups in total. The fraction of sp³-hybridized carbons (Fsp3) is 0.643. The Hall–Kier alpha value is -0.950. The number of thiazole rings is 1. The van der Waals surface area contributed by atoms with Gasteiger partial charge in [-0.15, -0.1) is 11.3 Å². The van der Waals surface area contributed by atoms with Crippen molar-refractivity contribution in [1.82, 2.24) is 19.2 Å². The first-order chi connectivity index (χ1) is 9.80. The predicted octanol–water partition coefficient (Wildman–Crippen LogP) is 1.28. The zero-order valence-corrected chi connectivity index (χ0v) is 12.7. The molecule has 1 saturated heterocycles. The van der Waals surface area contributed by atoms with E-state index in [2.05, 4.69) is 43.9 Å². The second-order valence-corrected chi connectivity index (χ2v) is 6.25. The zero-order chi connectivity index (χ0) is 13.9. The lowest BCUT2D eigenvalue weighted by molar-refractivity contribution is 0.0604. The van der Waals surface area contributed by atoms with Gasteiger partial charge in [0.2, 0.25) is 0 Å². The monoisotopic (exact) mass is 294 g/mol. The maximum absolute atomic E-state index is 9.37. The van der Waals surface area contributed by atoms with Gasteiger partial charge in [-0.1, -0.05) is 6.92 Å². The van der Waals surface area contributed by atoms with Crippen LogP contribution in [0.25, 0.3) is 4.96 Å². The van der Waals surface area contributed by atoms with Crippen LogP contribution in [-0.4, -0.2) is 63.1 Å². The van der Waals surface area contributed by atoms with Crippen molar-refractivity contribution in [1.29, 1.82) is 0 Å². The van der Waals surface area contributed by atoms with E-state index in [0.29, 0.717) is 6.04 Å². The van der Waals surface area contributed by atoms with Crippen molar-refractivity contribution in [3.8, 4) is 0 Å². The minimum atomic E-state index is 0.272. The summed E-state index contributed by atoms with van der Waals surface area (Å²) in [7, 11) is 0. The minimum Gasteiger partial charge on any atom is -0.395 e.